The molecule has 168 valence electrons. The highest BCUT2D eigenvalue weighted by Gasteiger charge is 2.29. The highest BCUT2D eigenvalue weighted by Crippen LogP contribution is 2.27. The lowest BCUT2D eigenvalue weighted by Gasteiger charge is -2.24. The first kappa shape index (κ1) is 24.1. The number of nitrogens with one attached hydrogen (secondary N) is 2. The van der Waals surface area contributed by atoms with Crippen molar-refractivity contribution >= 4 is 17.7 Å². The van der Waals surface area contributed by atoms with Crippen LogP contribution in [0.2, 0.25) is 0 Å². The molecule has 2 aliphatic rings. The Morgan fingerprint density at radius 2 is 2.03 bits per heavy atom. The molecule has 1 saturated carbocycles. The fraction of sp³-hybridized carbons (Fsp3) is 0.696. The van der Waals surface area contributed by atoms with Crippen LogP contribution >= 0.6 is 0 Å². The van der Waals surface area contributed by atoms with Crippen LogP contribution in [0, 0.1) is 0 Å². The highest BCUT2D eigenvalue weighted by molar-refractivity contribution is 5.82. The van der Waals surface area contributed by atoms with E-state index in [1.54, 1.807) is 0 Å². The number of nitrogens with zero attached hydrogens (tertiary/aromatic N) is 2. The molecule has 1 aliphatic heterocycles. The number of aryl methyl sites for hydroxylation is 2. The number of carbonyl (C=O) groups is 2. The van der Waals surface area contributed by atoms with Crippen LogP contribution in [0.25, 0.3) is 0 Å². The summed E-state index contributed by atoms with van der Waals surface area (Å²) in [7, 11) is 0. The Balaban J connectivity index is 0.00000155. The number of carboxylic acid groups (broad SMARTS) is 1. The molecule has 3 N–H and O–H groups in total. The molecule has 1 atom stereocenters. The van der Waals surface area contributed by atoms with Crippen LogP contribution in [0.15, 0.2) is 12.1 Å². The summed E-state index contributed by atoms with van der Waals surface area (Å²) in [6.07, 6.45) is 8.23. The van der Waals surface area contributed by atoms with Crippen molar-refractivity contribution in [2.45, 2.75) is 84.2 Å². The maximum absolute atomic E-state index is 11.3. The Hall–Kier alpha value is -2.15. The van der Waals surface area contributed by atoms with E-state index in [0.717, 1.165) is 50.3 Å². The minimum Gasteiger partial charge on any atom is -0.480 e. The number of amides is 1. The Morgan fingerprint density at radius 1 is 1.27 bits per heavy atom. The van der Waals surface area contributed by atoms with E-state index in [9.17, 15) is 14.7 Å². The number of hydrogen-bond acceptors (Lipinski definition) is 5. The van der Waals surface area contributed by atoms with Gasteiger partial charge in [0.1, 0.15) is 11.9 Å². The summed E-state index contributed by atoms with van der Waals surface area (Å²) < 4.78 is 0. The third kappa shape index (κ3) is 7.94. The second-order valence-electron chi connectivity index (χ2n) is 7.94. The fourth-order valence-corrected chi connectivity index (χ4v) is 3.84. The van der Waals surface area contributed by atoms with Gasteiger partial charge in [-0.05, 0) is 69.5 Å². The zero-order chi connectivity index (χ0) is 21.9. The summed E-state index contributed by atoms with van der Waals surface area (Å²) in [6.45, 7) is 8.05. The Labute approximate surface area is 180 Å². The fourth-order valence-electron chi connectivity index (χ4n) is 3.84. The third-order valence-electron chi connectivity index (χ3n) is 5.52. The zero-order valence-electron chi connectivity index (χ0n) is 18.7. The van der Waals surface area contributed by atoms with E-state index < -0.39 is 12.0 Å². The monoisotopic (exact) mass is 418 g/mol. The van der Waals surface area contributed by atoms with Crippen molar-refractivity contribution < 1.29 is 14.7 Å². The van der Waals surface area contributed by atoms with Crippen LogP contribution in [0.3, 0.4) is 0 Å². The van der Waals surface area contributed by atoms with Gasteiger partial charge in [-0.15, -0.1) is 0 Å². The van der Waals surface area contributed by atoms with Crippen LogP contribution in [-0.2, 0) is 22.4 Å². The lowest BCUT2D eigenvalue weighted by Crippen LogP contribution is -2.42. The molecule has 3 rings (SSSR count). The number of hydrogen-bond donors (Lipinski definition) is 3. The first-order chi connectivity index (χ1) is 14.5. The molecule has 1 aromatic heterocycles. The molecule has 2 heterocycles. The van der Waals surface area contributed by atoms with Crippen LogP contribution in [0.5, 0.6) is 0 Å². The minimum atomic E-state index is -0.960. The molecule has 0 aromatic carbocycles. The normalized spacial score (nSPS) is 16.0. The lowest BCUT2D eigenvalue weighted by molar-refractivity contribution is -0.141. The van der Waals surface area contributed by atoms with Gasteiger partial charge in [0, 0.05) is 31.7 Å². The molecule has 0 spiro atoms. The van der Waals surface area contributed by atoms with Gasteiger partial charge in [-0.1, -0.05) is 19.9 Å². The van der Waals surface area contributed by atoms with E-state index in [-0.39, 0.29) is 5.91 Å². The largest absolute Gasteiger partial charge is 0.480 e. The lowest BCUT2D eigenvalue weighted by atomic mass is 10.1. The van der Waals surface area contributed by atoms with Crippen molar-refractivity contribution in [1.29, 1.82) is 0 Å². The molecule has 7 nitrogen and oxygen atoms in total. The molecule has 30 heavy (non-hydrogen) atoms. The summed E-state index contributed by atoms with van der Waals surface area (Å²) in [5.41, 5.74) is 2.46. The first-order valence-electron chi connectivity index (χ1n) is 11.5. The molecule has 1 aliphatic carbocycles. The second kappa shape index (κ2) is 12.5. The summed E-state index contributed by atoms with van der Waals surface area (Å²) in [5, 5.41) is 15.2. The molecule has 0 saturated heterocycles. The molecule has 1 aromatic rings. The topological polar surface area (TPSA) is 94.6 Å². The van der Waals surface area contributed by atoms with Gasteiger partial charge in [-0.25, -0.2) is 9.78 Å². The van der Waals surface area contributed by atoms with Crippen LogP contribution in [-0.4, -0.2) is 58.6 Å². The first-order valence-corrected chi connectivity index (χ1v) is 11.5. The number of aromatic nitrogens is 1. The molecule has 7 heteroatoms. The number of aliphatic carboxylic acids is 1. The van der Waals surface area contributed by atoms with E-state index in [4.69, 9.17) is 4.98 Å². The number of anilines is 1. The Morgan fingerprint density at radius 3 is 2.70 bits per heavy atom. The minimum absolute atomic E-state index is 0.294. The zero-order valence-corrected chi connectivity index (χ0v) is 18.7. The molecular weight excluding hydrogens is 380 g/mol. The van der Waals surface area contributed by atoms with Crippen molar-refractivity contribution in [3.63, 3.8) is 0 Å². The quantitative estimate of drug-likeness (QED) is 0.478. The van der Waals surface area contributed by atoms with Gasteiger partial charge in [0.25, 0.3) is 0 Å². The summed E-state index contributed by atoms with van der Waals surface area (Å²) in [6, 6.07) is 4.13. The molecule has 1 unspecified atom stereocenters. The van der Waals surface area contributed by atoms with Gasteiger partial charge < -0.3 is 20.6 Å². The van der Waals surface area contributed by atoms with E-state index >= 15 is 0 Å². The van der Waals surface area contributed by atoms with Gasteiger partial charge in [-0.3, -0.25) is 4.79 Å². The van der Waals surface area contributed by atoms with Crippen LogP contribution in [0.4, 0.5) is 5.82 Å². The second-order valence-corrected chi connectivity index (χ2v) is 7.94. The van der Waals surface area contributed by atoms with Crippen molar-refractivity contribution in [3.8, 4) is 0 Å². The van der Waals surface area contributed by atoms with Crippen molar-refractivity contribution in [1.82, 2.24) is 15.2 Å². The van der Waals surface area contributed by atoms with Gasteiger partial charge in [-0.2, -0.15) is 0 Å². The maximum Gasteiger partial charge on any atom is 0.326 e. The van der Waals surface area contributed by atoms with E-state index in [1.165, 1.54) is 31.7 Å². The third-order valence-corrected chi connectivity index (χ3v) is 5.52. The number of carbonyl (C=O) groups excluding carboxylic acids is 1. The van der Waals surface area contributed by atoms with Crippen molar-refractivity contribution in [2.75, 3.05) is 25.0 Å². The van der Waals surface area contributed by atoms with Crippen molar-refractivity contribution in [3.05, 3.63) is 23.4 Å². The summed E-state index contributed by atoms with van der Waals surface area (Å²) in [5.74, 6) is -0.198. The SMILES string of the molecule is CC.CC(=O)NC(CCN(CCCCc1ccc2c(n1)NCCC2)C1CC1)C(=O)O. The predicted molar refractivity (Wildman–Crippen MR) is 120 cm³/mol. The van der Waals surface area contributed by atoms with Gasteiger partial charge in [0.15, 0.2) is 0 Å². The highest BCUT2D eigenvalue weighted by atomic mass is 16.4. The molecule has 1 fully saturated rings. The summed E-state index contributed by atoms with van der Waals surface area (Å²) >= 11 is 0. The number of fused-ring (bicyclic) bond motifs is 1. The Kier molecular flexibility index (Phi) is 10.1. The predicted octanol–water partition coefficient (Wildman–Crippen LogP) is 3.23. The Bertz CT molecular complexity index is 691. The van der Waals surface area contributed by atoms with E-state index in [2.05, 4.69) is 27.7 Å². The van der Waals surface area contributed by atoms with E-state index in [1.807, 2.05) is 13.8 Å². The maximum atomic E-state index is 11.3. The average Bonchev–Trinajstić information content (AvgIpc) is 3.58. The number of carboxylic acids is 1. The smallest absolute Gasteiger partial charge is 0.326 e. The molecule has 0 bridgehead atoms. The average molecular weight is 419 g/mol. The number of rotatable bonds is 11. The van der Waals surface area contributed by atoms with Gasteiger partial charge in [0.2, 0.25) is 5.91 Å². The van der Waals surface area contributed by atoms with Gasteiger partial charge >= 0.3 is 5.97 Å². The van der Waals surface area contributed by atoms with Crippen molar-refractivity contribution in [2.24, 2.45) is 0 Å². The molecule has 1 amide bonds. The molecular formula is C23H38N4O3. The van der Waals surface area contributed by atoms with Crippen LogP contribution in [0.1, 0.15) is 70.6 Å². The molecule has 0 radical (unpaired) electrons. The number of pyridine rings is 1. The van der Waals surface area contributed by atoms with E-state index in [0.29, 0.717) is 19.0 Å². The number of unbranched alkanes of at least 4 members (excludes halogenated alkanes) is 1. The van der Waals surface area contributed by atoms with Gasteiger partial charge in [0.05, 0.1) is 0 Å². The van der Waals surface area contributed by atoms with Crippen LogP contribution < -0.4 is 10.6 Å². The standard InChI is InChI=1S/C21H32N4O3.C2H6/c1-15(26)23-19(21(27)28)11-14-25(18-9-10-18)13-3-2-6-17-8-7-16-5-4-12-22-20(16)24-17;1-2/h7-8,18-19H,2-6,9-14H2,1H3,(H,22,24)(H,23,26)(H,27,28);1-2H3. The summed E-state index contributed by atoms with van der Waals surface area (Å²) in [4.78, 5) is 29.6.